The van der Waals surface area contributed by atoms with E-state index >= 15 is 0 Å². The zero-order chi connectivity index (χ0) is 22.7. The Morgan fingerprint density at radius 3 is 2.59 bits per heavy atom. The summed E-state index contributed by atoms with van der Waals surface area (Å²) in [6.07, 6.45) is 6.03. The van der Waals surface area contributed by atoms with Crippen molar-refractivity contribution in [1.82, 2.24) is 24.5 Å². The van der Waals surface area contributed by atoms with E-state index in [1.165, 1.54) is 18.2 Å². The zero-order valence-corrected chi connectivity index (χ0v) is 17.9. The molecule has 0 unspecified atom stereocenters. The molecule has 0 aliphatic carbocycles. The number of nitrogens with zero attached hydrogens (tertiary/aromatic N) is 3. The van der Waals surface area contributed by atoms with E-state index in [2.05, 4.69) is 19.8 Å². The lowest BCUT2D eigenvalue weighted by atomic mass is 10.0. The average Bonchev–Trinajstić information content (AvgIpc) is 3.20. The average molecular weight is 453 g/mol. The molecule has 0 saturated carbocycles. The number of aromatic amines is 1. The maximum Gasteiger partial charge on any atom is 0.248 e. The van der Waals surface area contributed by atoms with E-state index in [0.29, 0.717) is 29.1 Å². The molecule has 32 heavy (non-hydrogen) atoms. The molecule has 0 radical (unpaired) electrons. The van der Waals surface area contributed by atoms with Gasteiger partial charge in [0.05, 0.1) is 24.2 Å². The van der Waals surface area contributed by atoms with Crippen LogP contribution in [-0.4, -0.2) is 34.4 Å². The lowest BCUT2D eigenvalue weighted by molar-refractivity contribution is 0.587. The molecule has 0 amide bonds. The van der Waals surface area contributed by atoms with E-state index < -0.39 is 10.0 Å². The quantitative estimate of drug-likeness (QED) is 0.447. The minimum Gasteiger partial charge on any atom is -0.329 e. The Bertz CT molecular complexity index is 1410. The molecule has 3 heterocycles. The summed E-state index contributed by atoms with van der Waals surface area (Å²) in [6.45, 7) is 0.447. The number of nitrogens with one attached hydrogen (secondary N) is 2. The van der Waals surface area contributed by atoms with E-state index in [4.69, 9.17) is 0 Å². The van der Waals surface area contributed by atoms with Crippen molar-refractivity contribution >= 4 is 10.0 Å². The molecule has 1 aromatic carbocycles. The number of rotatable bonds is 7. The van der Waals surface area contributed by atoms with Crippen LogP contribution in [0.1, 0.15) is 11.1 Å². The summed E-state index contributed by atoms with van der Waals surface area (Å²) >= 11 is 0. The second kappa shape index (κ2) is 8.85. The molecule has 0 aliphatic rings. The van der Waals surface area contributed by atoms with Crippen molar-refractivity contribution in [2.45, 2.75) is 13.1 Å². The molecule has 2 N–H and O–H groups in total. The van der Waals surface area contributed by atoms with Crippen molar-refractivity contribution in [1.29, 1.82) is 0 Å². The fourth-order valence-electron chi connectivity index (χ4n) is 3.22. The fourth-order valence-corrected chi connectivity index (χ4v) is 3.64. The van der Waals surface area contributed by atoms with Crippen LogP contribution in [0.25, 0.3) is 22.5 Å². The predicted octanol–water partition coefficient (Wildman–Crippen LogP) is 2.54. The Labute approximate surface area is 183 Å². The third-order valence-electron chi connectivity index (χ3n) is 4.75. The van der Waals surface area contributed by atoms with Crippen LogP contribution in [0.4, 0.5) is 4.39 Å². The first kappa shape index (κ1) is 21.6. The Morgan fingerprint density at radius 2 is 1.88 bits per heavy atom. The van der Waals surface area contributed by atoms with Gasteiger partial charge in [0.1, 0.15) is 5.82 Å². The minimum absolute atomic E-state index is 0.0474. The van der Waals surface area contributed by atoms with Crippen molar-refractivity contribution < 1.29 is 12.8 Å². The topological polar surface area (TPSA) is 110 Å². The molecule has 4 aromatic rings. The first-order valence-corrected chi connectivity index (χ1v) is 11.6. The van der Waals surface area contributed by atoms with E-state index in [1.54, 1.807) is 53.6 Å². The number of hydrogen-bond acceptors (Lipinski definition) is 5. The number of benzene rings is 1. The van der Waals surface area contributed by atoms with Crippen molar-refractivity contribution in [3.8, 4) is 22.5 Å². The number of aromatic nitrogens is 4. The maximum absolute atomic E-state index is 13.3. The Morgan fingerprint density at radius 1 is 1.09 bits per heavy atom. The van der Waals surface area contributed by atoms with Crippen LogP contribution in [-0.2, 0) is 23.1 Å². The molecule has 4 rings (SSSR count). The van der Waals surface area contributed by atoms with Gasteiger partial charge in [0, 0.05) is 42.3 Å². The van der Waals surface area contributed by atoms with Gasteiger partial charge in [-0.1, -0.05) is 0 Å². The van der Waals surface area contributed by atoms with Gasteiger partial charge in [-0.05, 0) is 53.6 Å². The molecule has 0 spiro atoms. The van der Waals surface area contributed by atoms with Crippen molar-refractivity contribution in [2.75, 3.05) is 6.26 Å². The van der Waals surface area contributed by atoms with Gasteiger partial charge >= 0.3 is 0 Å². The smallest absolute Gasteiger partial charge is 0.248 e. The van der Waals surface area contributed by atoms with Gasteiger partial charge in [-0.15, -0.1) is 0 Å². The third-order valence-corrected chi connectivity index (χ3v) is 5.42. The lowest BCUT2D eigenvalue weighted by Crippen LogP contribution is -2.21. The molecule has 0 bridgehead atoms. The molecule has 0 saturated heterocycles. The van der Waals surface area contributed by atoms with Crippen LogP contribution in [0.2, 0.25) is 0 Å². The van der Waals surface area contributed by atoms with Crippen molar-refractivity contribution in [3.63, 3.8) is 0 Å². The van der Waals surface area contributed by atoms with E-state index in [1.807, 2.05) is 0 Å². The molecular weight excluding hydrogens is 433 g/mol. The SMILES string of the molecule is CS(=O)(=O)NCc1cnc(-c2ccc(F)cc2)cc1-c1ccn(Cc2cc[nH]c(=O)c2)n1. The van der Waals surface area contributed by atoms with Crippen LogP contribution in [0.3, 0.4) is 0 Å². The number of sulfonamides is 1. The summed E-state index contributed by atoms with van der Waals surface area (Å²) in [6, 6.07) is 12.9. The van der Waals surface area contributed by atoms with Crippen molar-refractivity contribution in [3.05, 3.63) is 94.4 Å². The second-order valence-corrected chi connectivity index (χ2v) is 9.12. The second-order valence-electron chi connectivity index (χ2n) is 7.29. The molecule has 164 valence electrons. The predicted molar refractivity (Wildman–Crippen MR) is 119 cm³/mol. The van der Waals surface area contributed by atoms with Crippen LogP contribution >= 0.6 is 0 Å². The van der Waals surface area contributed by atoms with Gasteiger partial charge in [0.25, 0.3) is 0 Å². The van der Waals surface area contributed by atoms with Gasteiger partial charge in [-0.25, -0.2) is 17.5 Å². The van der Waals surface area contributed by atoms with E-state index in [9.17, 15) is 17.6 Å². The lowest BCUT2D eigenvalue weighted by Gasteiger charge is -2.11. The molecular formula is C22H20FN5O3S. The molecule has 8 nitrogen and oxygen atoms in total. The fraction of sp³-hybridized carbons (Fsp3) is 0.136. The van der Waals surface area contributed by atoms with Gasteiger partial charge < -0.3 is 4.98 Å². The highest BCUT2D eigenvalue weighted by Gasteiger charge is 2.14. The summed E-state index contributed by atoms with van der Waals surface area (Å²) in [5.74, 6) is -0.346. The summed E-state index contributed by atoms with van der Waals surface area (Å²) in [7, 11) is -3.41. The summed E-state index contributed by atoms with van der Waals surface area (Å²) in [5, 5.41) is 4.60. The Balaban J connectivity index is 1.71. The summed E-state index contributed by atoms with van der Waals surface area (Å²) in [4.78, 5) is 18.5. The Hall–Kier alpha value is -3.63. The van der Waals surface area contributed by atoms with E-state index in [-0.39, 0.29) is 17.9 Å². The van der Waals surface area contributed by atoms with Crippen LogP contribution < -0.4 is 10.3 Å². The standard InChI is InChI=1S/C22H20FN5O3S/c1-32(30,31)26-13-17-12-25-21(16-2-4-18(23)5-3-16)11-19(17)20-7-9-28(27-20)14-15-6-8-24-22(29)10-15/h2-12,26H,13-14H2,1H3,(H,24,29). The van der Waals surface area contributed by atoms with E-state index in [0.717, 1.165) is 17.4 Å². The molecule has 10 heteroatoms. The van der Waals surface area contributed by atoms with Gasteiger partial charge in [0.2, 0.25) is 15.6 Å². The summed E-state index contributed by atoms with van der Waals surface area (Å²) in [5.41, 5.74) is 3.88. The van der Waals surface area contributed by atoms with Crippen molar-refractivity contribution in [2.24, 2.45) is 0 Å². The number of H-pyrrole nitrogens is 1. The molecule has 0 atom stereocenters. The number of halogens is 1. The maximum atomic E-state index is 13.3. The third kappa shape index (κ3) is 5.34. The van der Waals surface area contributed by atoms with Gasteiger partial charge in [-0.3, -0.25) is 14.5 Å². The number of pyridine rings is 2. The Kier molecular flexibility index (Phi) is 5.97. The van der Waals surface area contributed by atoms with Crippen LogP contribution in [0.15, 0.2) is 71.9 Å². The molecule has 0 fully saturated rings. The normalized spacial score (nSPS) is 11.6. The zero-order valence-electron chi connectivity index (χ0n) is 17.1. The number of hydrogen-bond donors (Lipinski definition) is 2. The van der Waals surface area contributed by atoms with Gasteiger partial charge in [0.15, 0.2) is 0 Å². The minimum atomic E-state index is -3.41. The highest BCUT2D eigenvalue weighted by Crippen LogP contribution is 2.27. The first-order chi connectivity index (χ1) is 15.3. The molecule has 0 aliphatic heterocycles. The van der Waals surface area contributed by atoms with Gasteiger partial charge in [-0.2, -0.15) is 5.10 Å². The van der Waals surface area contributed by atoms with Crippen LogP contribution in [0.5, 0.6) is 0 Å². The first-order valence-electron chi connectivity index (χ1n) is 9.68. The van der Waals surface area contributed by atoms with Crippen LogP contribution in [0, 0.1) is 5.82 Å². The largest absolute Gasteiger partial charge is 0.329 e. The monoisotopic (exact) mass is 453 g/mol. The highest BCUT2D eigenvalue weighted by atomic mass is 32.2. The highest BCUT2D eigenvalue weighted by molar-refractivity contribution is 7.88. The molecule has 3 aromatic heterocycles. The summed E-state index contributed by atoms with van der Waals surface area (Å²) < 4.78 is 40.7.